The second-order valence-corrected chi connectivity index (χ2v) is 7.16. The van der Waals surface area contributed by atoms with Gasteiger partial charge in [-0.05, 0) is 23.8 Å². The second-order valence-electron chi connectivity index (χ2n) is 7.16. The predicted octanol–water partition coefficient (Wildman–Crippen LogP) is 3.17. The van der Waals surface area contributed by atoms with E-state index in [1.54, 1.807) is 14.2 Å². The predicted molar refractivity (Wildman–Crippen MR) is 104 cm³/mol. The molecule has 0 saturated carbocycles. The van der Waals surface area contributed by atoms with Crippen molar-refractivity contribution < 1.29 is 23.7 Å². The van der Waals surface area contributed by atoms with E-state index in [0.29, 0.717) is 39.0 Å². The summed E-state index contributed by atoms with van der Waals surface area (Å²) in [4.78, 5) is 14.6. The monoisotopic (exact) mass is 383 g/mol. The van der Waals surface area contributed by atoms with Crippen molar-refractivity contribution in [2.45, 2.75) is 31.7 Å². The summed E-state index contributed by atoms with van der Waals surface area (Å²) in [7, 11) is 3.27. The average molecular weight is 383 g/mol. The Morgan fingerprint density at radius 2 is 1.82 bits per heavy atom. The number of benzene rings is 2. The van der Waals surface area contributed by atoms with E-state index in [2.05, 4.69) is 0 Å². The van der Waals surface area contributed by atoms with E-state index in [4.69, 9.17) is 18.9 Å². The molecule has 1 spiro atoms. The van der Waals surface area contributed by atoms with Crippen LogP contribution in [-0.2, 0) is 22.6 Å². The van der Waals surface area contributed by atoms with E-state index < -0.39 is 5.79 Å². The molecule has 0 atom stereocenters. The van der Waals surface area contributed by atoms with Crippen LogP contribution in [0.4, 0.5) is 0 Å². The summed E-state index contributed by atoms with van der Waals surface area (Å²) in [6, 6.07) is 13.4. The lowest BCUT2D eigenvalue weighted by Gasteiger charge is -2.44. The molecule has 0 unspecified atom stereocenters. The first-order valence-electron chi connectivity index (χ1n) is 9.52. The van der Waals surface area contributed by atoms with Gasteiger partial charge in [0.25, 0.3) is 0 Å². The summed E-state index contributed by atoms with van der Waals surface area (Å²) in [5.41, 5.74) is 1.97. The summed E-state index contributed by atoms with van der Waals surface area (Å²) in [6.45, 7) is 1.71. The molecule has 0 aliphatic carbocycles. The molecule has 0 radical (unpaired) electrons. The van der Waals surface area contributed by atoms with Crippen molar-refractivity contribution in [1.82, 2.24) is 4.90 Å². The summed E-state index contributed by atoms with van der Waals surface area (Å²) in [6.07, 6.45) is 1.66. The van der Waals surface area contributed by atoms with E-state index in [1.807, 2.05) is 47.4 Å². The van der Waals surface area contributed by atoms with E-state index in [-0.39, 0.29) is 5.91 Å². The Morgan fingerprint density at radius 3 is 2.50 bits per heavy atom. The topological polar surface area (TPSA) is 57.2 Å². The van der Waals surface area contributed by atoms with Crippen molar-refractivity contribution in [3.05, 3.63) is 53.6 Å². The SMILES string of the molecule is COc1ccc(CC(=O)N2CCC3(CC2)OCc2cccc(OC)c2O3)cc1. The molecule has 1 saturated heterocycles. The summed E-state index contributed by atoms with van der Waals surface area (Å²) in [5.74, 6) is 1.71. The molecule has 4 rings (SSSR count). The first-order valence-corrected chi connectivity index (χ1v) is 9.52. The zero-order valence-corrected chi connectivity index (χ0v) is 16.3. The van der Waals surface area contributed by atoms with Gasteiger partial charge in [0.2, 0.25) is 11.7 Å². The quantitative estimate of drug-likeness (QED) is 0.812. The number of hydrogen-bond donors (Lipinski definition) is 0. The van der Waals surface area contributed by atoms with Crippen molar-refractivity contribution in [1.29, 1.82) is 0 Å². The van der Waals surface area contributed by atoms with Gasteiger partial charge in [0.15, 0.2) is 11.5 Å². The Balaban J connectivity index is 1.38. The van der Waals surface area contributed by atoms with Crippen LogP contribution in [0.5, 0.6) is 17.2 Å². The molecule has 2 aliphatic rings. The highest BCUT2D eigenvalue weighted by Crippen LogP contribution is 2.42. The van der Waals surface area contributed by atoms with Crippen LogP contribution in [0.1, 0.15) is 24.0 Å². The molecular formula is C22H25NO5. The van der Waals surface area contributed by atoms with Gasteiger partial charge in [-0.3, -0.25) is 4.79 Å². The van der Waals surface area contributed by atoms with Crippen LogP contribution in [0.3, 0.4) is 0 Å². The molecule has 148 valence electrons. The van der Waals surface area contributed by atoms with Gasteiger partial charge in [-0.25, -0.2) is 0 Å². The molecule has 2 aliphatic heterocycles. The van der Waals surface area contributed by atoms with E-state index >= 15 is 0 Å². The minimum atomic E-state index is -0.682. The first-order chi connectivity index (χ1) is 13.6. The number of methoxy groups -OCH3 is 2. The highest BCUT2D eigenvalue weighted by Gasteiger charge is 2.42. The normalized spacial score (nSPS) is 17.6. The third-order valence-corrected chi connectivity index (χ3v) is 5.45. The molecule has 28 heavy (non-hydrogen) atoms. The maximum absolute atomic E-state index is 12.7. The Kier molecular flexibility index (Phi) is 5.13. The Bertz CT molecular complexity index is 826. The minimum absolute atomic E-state index is 0.119. The van der Waals surface area contributed by atoms with Crippen molar-refractivity contribution in [3.63, 3.8) is 0 Å². The maximum Gasteiger partial charge on any atom is 0.226 e. The van der Waals surface area contributed by atoms with E-state index in [0.717, 1.165) is 28.4 Å². The van der Waals surface area contributed by atoms with Crippen LogP contribution in [0.25, 0.3) is 0 Å². The lowest BCUT2D eigenvalue weighted by atomic mass is 10.00. The minimum Gasteiger partial charge on any atom is -0.497 e. The lowest BCUT2D eigenvalue weighted by molar-refractivity contribution is -0.228. The molecular weight excluding hydrogens is 358 g/mol. The summed E-state index contributed by atoms with van der Waals surface area (Å²) >= 11 is 0. The van der Waals surface area contributed by atoms with Crippen LogP contribution in [0.2, 0.25) is 0 Å². The van der Waals surface area contributed by atoms with Crippen LogP contribution in [-0.4, -0.2) is 43.9 Å². The van der Waals surface area contributed by atoms with Gasteiger partial charge in [-0.2, -0.15) is 0 Å². The van der Waals surface area contributed by atoms with Gasteiger partial charge in [0.1, 0.15) is 5.75 Å². The fraction of sp³-hybridized carbons (Fsp3) is 0.409. The van der Waals surface area contributed by atoms with E-state index in [9.17, 15) is 4.79 Å². The van der Waals surface area contributed by atoms with Crippen LogP contribution in [0, 0.1) is 0 Å². The number of likely N-dealkylation sites (tertiary alicyclic amines) is 1. The largest absolute Gasteiger partial charge is 0.497 e. The van der Waals surface area contributed by atoms with Crippen molar-refractivity contribution in [2.24, 2.45) is 0 Å². The molecule has 6 heteroatoms. The fourth-order valence-corrected chi connectivity index (χ4v) is 3.75. The molecule has 0 bridgehead atoms. The highest BCUT2D eigenvalue weighted by molar-refractivity contribution is 5.79. The van der Waals surface area contributed by atoms with Gasteiger partial charge in [-0.15, -0.1) is 0 Å². The van der Waals surface area contributed by atoms with E-state index in [1.165, 1.54) is 0 Å². The number of amides is 1. The molecule has 2 heterocycles. The Labute approximate surface area is 165 Å². The highest BCUT2D eigenvalue weighted by atomic mass is 16.7. The van der Waals surface area contributed by atoms with Crippen molar-refractivity contribution in [2.75, 3.05) is 27.3 Å². The number of para-hydroxylation sites is 1. The zero-order valence-electron chi connectivity index (χ0n) is 16.3. The zero-order chi connectivity index (χ0) is 19.6. The maximum atomic E-state index is 12.7. The van der Waals surface area contributed by atoms with Crippen LogP contribution < -0.4 is 14.2 Å². The summed E-state index contributed by atoms with van der Waals surface area (Å²) in [5, 5.41) is 0. The molecule has 0 aromatic heterocycles. The smallest absolute Gasteiger partial charge is 0.226 e. The first kappa shape index (κ1) is 18.6. The Hall–Kier alpha value is -2.73. The van der Waals surface area contributed by atoms with Gasteiger partial charge in [-0.1, -0.05) is 24.3 Å². The number of hydrogen-bond acceptors (Lipinski definition) is 5. The summed E-state index contributed by atoms with van der Waals surface area (Å²) < 4.78 is 22.9. The number of nitrogens with zero attached hydrogens (tertiary/aromatic N) is 1. The van der Waals surface area contributed by atoms with Gasteiger partial charge in [0, 0.05) is 31.5 Å². The number of piperidine rings is 1. The lowest BCUT2D eigenvalue weighted by Crippen LogP contribution is -2.52. The van der Waals surface area contributed by atoms with Crippen LogP contribution in [0.15, 0.2) is 42.5 Å². The number of carbonyl (C=O) groups excluding carboxylic acids is 1. The molecule has 1 fully saturated rings. The molecule has 1 amide bonds. The Morgan fingerprint density at radius 1 is 1.07 bits per heavy atom. The number of carbonyl (C=O) groups is 1. The van der Waals surface area contributed by atoms with Crippen molar-refractivity contribution >= 4 is 5.91 Å². The molecule has 2 aromatic carbocycles. The number of rotatable bonds is 4. The third kappa shape index (κ3) is 3.64. The standard InChI is InChI=1S/C22H25NO5/c1-25-18-8-6-16(7-9-18)14-20(24)23-12-10-22(11-13-23)27-15-17-4-3-5-19(26-2)21(17)28-22/h3-9H,10-15H2,1-2H3. The van der Waals surface area contributed by atoms with Gasteiger partial charge >= 0.3 is 0 Å². The van der Waals surface area contributed by atoms with Gasteiger partial charge < -0.3 is 23.8 Å². The molecule has 0 N–H and O–H groups in total. The average Bonchev–Trinajstić information content (AvgIpc) is 2.74. The number of fused-ring (bicyclic) bond motifs is 1. The van der Waals surface area contributed by atoms with Crippen LogP contribution >= 0.6 is 0 Å². The molecule has 6 nitrogen and oxygen atoms in total. The second kappa shape index (κ2) is 7.72. The number of ether oxygens (including phenoxy) is 4. The van der Waals surface area contributed by atoms with Crippen molar-refractivity contribution in [3.8, 4) is 17.2 Å². The third-order valence-electron chi connectivity index (χ3n) is 5.45. The fourth-order valence-electron chi connectivity index (χ4n) is 3.75. The van der Waals surface area contributed by atoms with Gasteiger partial charge in [0.05, 0.1) is 27.2 Å². The molecule has 2 aromatic rings.